The van der Waals surface area contributed by atoms with Gasteiger partial charge >= 0.3 is 0 Å². The molecule has 2 fully saturated rings. The smallest absolute Gasteiger partial charge is 0.243 e. The molecule has 2 aliphatic rings. The molecule has 3 unspecified atom stereocenters. The van der Waals surface area contributed by atoms with Gasteiger partial charge in [-0.25, -0.2) is 12.8 Å². The summed E-state index contributed by atoms with van der Waals surface area (Å²) in [7, 11) is -3.64. The third-order valence-electron chi connectivity index (χ3n) is 5.41. The summed E-state index contributed by atoms with van der Waals surface area (Å²) in [4.78, 5) is 0.229. The summed E-state index contributed by atoms with van der Waals surface area (Å²) in [5, 5.41) is 0.494. The van der Waals surface area contributed by atoms with Crippen LogP contribution in [0.2, 0.25) is 5.02 Å². The largest absolute Gasteiger partial charge is 0.257 e. The zero-order chi connectivity index (χ0) is 19.0. The van der Waals surface area contributed by atoms with Crippen LogP contribution < -0.4 is 10.9 Å². The summed E-state index contributed by atoms with van der Waals surface area (Å²) in [5.74, 6) is -0.402. The molecule has 3 atom stereocenters. The molecule has 144 valence electrons. The van der Waals surface area contributed by atoms with Gasteiger partial charge < -0.3 is 0 Å². The van der Waals surface area contributed by atoms with Crippen LogP contribution in [0.3, 0.4) is 0 Å². The Bertz CT molecular complexity index is 923. The summed E-state index contributed by atoms with van der Waals surface area (Å²) in [6.07, 6.45) is 1.51. The highest BCUT2D eigenvalue weighted by atomic mass is 35.5. The molecule has 0 radical (unpaired) electrons. The topological polar surface area (TPSA) is 61.4 Å². The molecular formula is C19H21ClFN3O2S. The molecule has 5 nitrogen and oxygen atoms in total. The third kappa shape index (κ3) is 3.50. The highest BCUT2D eigenvalue weighted by Gasteiger charge is 2.45. The van der Waals surface area contributed by atoms with Crippen molar-refractivity contribution >= 4 is 21.6 Å². The first kappa shape index (κ1) is 18.8. The van der Waals surface area contributed by atoms with Crippen LogP contribution in [0.5, 0.6) is 0 Å². The van der Waals surface area contributed by atoms with Crippen molar-refractivity contribution in [3.05, 3.63) is 64.9 Å². The molecule has 0 amide bonds. The molecule has 0 spiro atoms. The van der Waals surface area contributed by atoms with Crippen LogP contribution in [-0.2, 0) is 10.0 Å². The van der Waals surface area contributed by atoms with E-state index in [0.717, 1.165) is 12.8 Å². The maximum absolute atomic E-state index is 14.3. The monoisotopic (exact) mass is 409 g/mol. The van der Waals surface area contributed by atoms with Crippen molar-refractivity contribution in [2.45, 2.75) is 35.7 Å². The van der Waals surface area contributed by atoms with Crippen molar-refractivity contribution in [1.29, 1.82) is 0 Å². The second-order valence-electron chi connectivity index (χ2n) is 6.96. The molecule has 4 rings (SSSR count). The number of rotatable bonds is 4. The van der Waals surface area contributed by atoms with Crippen LogP contribution in [0, 0.1) is 5.82 Å². The van der Waals surface area contributed by atoms with E-state index in [9.17, 15) is 12.8 Å². The number of hydrogen-bond acceptors (Lipinski definition) is 4. The summed E-state index contributed by atoms with van der Waals surface area (Å²) in [6.45, 7) is 1.01. The van der Waals surface area contributed by atoms with E-state index in [2.05, 4.69) is 10.9 Å². The lowest BCUT2D eigenvalue weighted by Crippen LogP contribution is -2.49. The molecule has 2 aliphatic heterocycles. The van der Waals surface area contributed by atoms with E-state index >= 15 is 0 Å². The molecule has 2 aromatic carbocycles. The van der Waals surface area contributed by atoms with Gasteiger partial charge in [0.05, 0.1) is 4.90 Å². The molecule has 0 aromatic heterocycles. The Hall–Kier alpha value is -1.51. The molecule has 0 saturated carbocycles. The van der Waals surface area contributed by atoms with E-state index in [4.69, 9.17) is 11.6 Å². The van der Waals surface area contributed by atoms with E-state index in [1.807, 2.05) is 6.07 Å². The van der Waals surface area contributed by atoms with Gasteiger partial charge in [0, 0.05) is 36.1 Å². The number of sulfonamides is 1. The highest BCUT2D eigenvalue weighted by molar-refractivity contribution is 7.89. The Morgan fingerprint density at radius 1 is 1.11 bits per heavy atom. The van der Waals surface area contributed by atoms with Crippen molar-refractivity contribution in [2.75, 3.05) is 13.1 Å². The average Bonchev–Trinajstić information content (AvgIpc) is 3.31. The zero-order valence-electron chi connectivity index (χ0n) is 14.6. The highest BCUT2D eigenvalue weighted by Crippen LogP contribution is 2.35. The zero-order valence-corrected chi connectivity index (χ0v) is 16.2. The van der Waals surface area contributed by atoms with Gasteiger partial charge in [-0.15, -0.1) is 0 Å². The lowest BCUT2D eigenvalue weighted by molar-refractivity contribution is 0.300. The van der Waals surface area contributed by atoms with E-state index in [1.54, 1.807) is 28.6 Å². The van der Waals surface area contributed by atoms with Gasteiger partial charge in [0.1, 0.15) is 5.82 Å². The lowest BCUT2D eigenvalue weighted by atomic mass is 9.88. The Morgan fingerprint density at radius 3 is 2.59 bits per heavy atom. The second kappa shape index (κ2) is 7.48. The van der Waals surface area contributed by atoms with E-state index in [1.165, 1.54) is 18.2 Å². The molecule has 0 bridgehead atoms. The van der Waals surface area contributed by atoms with Gasteiger partial charge in [-0.2, -0.15) is 4.31 Å². The second-order valence-corrected chi connectivity index (χ2v) is 9.29. The molecule has 27 heavy (non-hydrogen) atoms. The van der Waals surface area contributed by atoms with Crippen molar-refractivity contribution in [3.63, 3.8) is 0 Å². The van der Waals surface area contributed by atoms with Crippen LogP contribution >= 0.6 is 11.6 Å². The number of halogens is 2. The minimum Gasteiger partial charge on any atom is -0.257 e. The fourth-order valence-corrected chi connectivity index (χ4v) is 5.96. The minimum atomic E-state index is -3.64. The first-order valence-electron chi connectivity index (χ1n) is 8.99. The Balaban J connectivity index is 1.64. The minimum absolute atomic E-state index is 0.141. The van der Waals surface area contributed by atoms with Crippen LogP contribution in [0.1, 0.15) is 24.3 Å². The summed E-state index contributed by atoms with van der Waals surface area (Å²) >= 11 is 5.89. The van der Waals surface area contributed by atoms with Crippen LogP contribution in [-0.4, -0.2) is 37.9 Å². The van der Waals surface area contributed by atoms with E-state index < -0.39 is 10.0 Å². The Morgan fingerprint density at radius 2 is 1.85 bits per heavy atom. The summed E-state index contributed by atoms with van der Waals surface area (Å²) < 4.78 is 42.3. The quantitative estimate of drug-likeness (QED) is 0.815. The fourth-order valence-electron chi connectivity index (χ4n) is 4.12. The van der Waals surface area contributed by atoms with Crippen LogP contribution in [0.25, 0.3) is 0 Å². The molecule has 8 heteroatoms. The predicted molar refractivity (Wildman–Crippen MR) is 102 cm³/mol. The van der Waals surface area contributed by atoms with E-state index in [-0.39, 0.29) is 28.7 Å². The molecule has 0 aliphatic carbocycles. The van der Waals surface area contributed by atoms with Crippen molar-refractivity contribution in [2.24, 2.45) is 0 Å². The molecule has 2 N–H and O–H groups in total. The van der Waals surface area contributed by atoms with Gasteiger partial charge in [-0.1, -0.05) is 29.8 Å². The number of nitrogens with zero attached hydrogens (tertiary/aromatic N) is 1. The average molecular weight is 410 g/mol. The molecule has 2 saturated heterocycles. The van der Waals surface area contributed by atoms with Crippen molar-refractivity contribution in [1.82, 2.24) is 15.2 Å². The Labute approximate surface area is 163 Å². The first-order chi connectivity index (χ1) is 13.0. The first-order valence-corrected chi connectivity index (χ1v) is 10.8. The lowest BCUT2D eigenvalue weighted by Gasteiger charge is -2.32. The fraction of sp³-hybridized carbons (Fsp3) is 0.368. The molecular weight excluding hydrogens is 389 g/mol. The van der Waals surface area contributed by atoms with Gasteiger partial charge in [-0.05, 0) is 48.7 Å². The third-order valence-corrected chi connectivity index (χ3v) is 7.60. The standard InChI is InChI=1S/C19H21ClFN3O2S/c20-13-7-9-14(10-8-13)27(25,26)24-11-3-6-18(24)19-16(12-22-23-19)15-4-1-2-5-17(15)21/h1-2,4-5,7-10,16,18-19,22-23H,3,6,11-12H2. The Kier molecular flexibility index (Phi) is 5.22. The van der Waals surface area contributed by atoms with Crippen molar-refractivity contribution < 1.29 is 12.8 Å². The maximum Gasteiger partial charge on any atom is 0.243 e. The number of hydrogen-bond donors (Lipinski definition) is 2. The van der Waals surface area contributed by atoms with Gasteiger partial charge in [0.15, 0.2) is 0 Å². The maximum atomic E-state index is 14.3. The molecule has 2 heterocycles. The van der Waals surface area contributed by atoms with Crippen LogP contribution in [0.4, 0.5) is 4.39 Å². The number of nitrogens with one attached hydrogen (secondary N) is 2. The SMILES string of the molecule is O=S(=O)(c1ccc(Cl)cc1)N1CCCC1C1NNCC1c1ccccc1F. The van der Waals surface area contributed by atoms with Gasteiger partial charge in [-0.3, -0.25) is 10.9 Å². The number of hydrazine groups is 1. The van der Waals surface area contributed by atoms with Gasteiger partial charge in [0.2, 0.25) is 10.0 Å². The molecule has 2 aromatic rings. The van der Waals surface area contributed by atoms with Gasteiger partial charge in [0.25, 0.3) is 0 Å². The normalized spacial score (nSPS) is 26.5. The predicted octanol–water partition coefficient (Wildman–Crippen LogP) is 2.89. The number of benzene rings is 2. The van der Waals surface area contributed by atoms with E-state index in [0.29, 0.717) is 23.7 Å². The van der Waals surface area contributed by atoms with Crippen molar-refractivity contribution in [3.8, 4) is 0 Å². The summed E-state index contributed by atoms with van der Waals surface area (Å²) in [5.41, 5.74) is 6.89. The van der Waals surface area contributed by atoms with Crippen LogP contribution in [0.15, 0.2) is 53.4 Å². The summed E-state index contributed by atoms with van der Waals surface area (Å²) in [6, 6.07) is 12.5.